The van der Waals surface area contributed by atoms with E-state index in [0.717, 1.165) is 15.4 Å². The molecule has 0 aliphatic heterocycles. The van der Waals surface area contributed by atoms with Crippen LogP contribution < -0.4 is 19.1 Å². The molecule has 1 N–H and O–H groups in total. The Balaban J connectivity index is 1.78. The zero-order valence-corrected chi connectivity index (χ0v) is 28.2. The highest BCUT2D eigenvalue weighted by molar-refractivity contribution is 7.92. The lowest BCUT2D eigenvalue weighted by Gasteiger charge is -2.34. The van der Waals surface area contributed by atoms with Gasteiger partial charge in [0.15, 0.2) is 0 Å². The van der Waals surface area contributed by atoms with Gasteiger partial charge in [-0.2, -0.15) is 0 Å². The summed E-state index contributed by atoms with van der Waals surface area (Å²) in [5, 5.41) is 3.00. The molecular formula is C37H43N3O6S. The number of nitrogens with one attached hydrogen (secondary N) is 1. The first-order valence-corrected chi connectivity index (χ1v) is 17.1. The molecule has 0 aliphatic carbocycles. The van der Waals surface area contributed by atoms with Gasteiger partial charge in [0.25, 0.3) is 10.0 Å². The quantitative estimate of drug-likeness (QED) is 0.166. The van der Waals surface area contributed by atoms with Crippen LogP contribution in [0.5, 0.6) is 11.5 Å². The number of hydrogen-bond donors (Lipinski definition) is 1. The number of benzene rings is 4. The first-order valence-electron chi connectivity index (χ1n) is 15.7. The van der Waals surface area contributed by atoms with E-state index in [1.165, 1.54) is 17.0 Å². The average molecular weight is 658 g/mol. The van der Waals surface area contributed by atoms with E-state index < -0.39 is 28.5 Å². The molecule has 0 bridgehead atoms. The lowest BCUT2D eigenvalue weighted by Crippen LogP contribution is -2.53. The standard InChI is InChI=1S/C37H43N3O6S/c1-5-46-32-19-21-34(22-20-32)47(43,44)40(31-16-10-7-11-17-31)27-36(41)39(26-30-15-12-18-33(23-30)45-4)35(37(42)38-25-28(2)3)24-29-13-8-6-9-14-29/h6-23,28,35H,5,24-27H2,1-4H3,(H,38,42). The molecule has 0 saturated carbocycles. The third-order valence-electron chi connectivity index (χ3n) is 7.49. The van der Waals surface area contributed by atoms with Gasteiger partial charge in [-0.25, -0.2) is 8.42 Å². The van der Waals surface area contributed by atoms with Crippen molar-refractivity contribution in [3.8, 4) is 11.5 Å². The third-order valence-corrected chi connectivity index (χ3v) is 9.28. The summed E-state index contributed by atoms with van der Waals surface area (Å²) in [7, 11) is -2.66. The minimum absolute atomic E-state index is 0.00691. The fourth-order valence-corrected chi connectivity index (χ4v) is 6.48. The molecule has 0 spiro atoms. The molecule has 9 nitrogen and oxygen atoms in total. The van der Waals surface area contributed by atoms with Gasteiger partial charge >= 0.3 is 0 Å². The predicted molar refractivity (Wildman–Crippen MR) is 184 cm³/mol. The van der Waals surface area contributed by atoms with E-state index in [2.05, 4.69) is 5.32 Å². The van der Waals surface area contributed by atoms with Crippen molar-refractivity contribution in [2.45, 2.75) is 44.7 Å². The first kappa shape index (κ1) is 35.0. The van der Waals surface area contributed by atoms with E-state index >= 15 is 0 Å². The summed E-state index contributed by atoms with van der Waals surface area (Å²) in [6.07, 6.45) is 0.234. The van der Waals surface area contributed by atoms with Gasteiger partial charge < -0.3 is 19.7 Å². The van der Waals surface area contributed by atoms with Crippen LogP contribution in [0.4, 0.5) is 5.69 Å². The second kappa shape index (κ2) is 16.6. The number of carbonyl (C=O) groups excluding carboxylic acids is 2. The van der Waals surface area contributed by atoms with E-state index in [9.17, 15) is 18.0 Å². The Morgan fingerprint density at radius 2 is 1.45 bits per heavy atom. The second-order valence-electron chi connectivity index (χ2n) is 11.5. The van der Waals surface area contributed by atoms with Gasteiger partial charge in [0.05, 0.1) is 24.3 Å². The van der Waals surface area contributed by atoms with Crippen molar-refractivity contribution in [1.82, 2.24) is 10.2 Å². The fourth-order valence-electron chi connectivity index (χ4n) is 5.07. The number of anilines is 1. The number of ether oxygens (including phenoxy) is 2. The summed E-state index contributed by atoms with van der Waals surface area (Å²) in [5.74, 6) is 0.468. The maximum Gasteiger partial charge on any atom is 0.264 e. The zero-order chi connectivity index (χ0) is 33.8. The minimum Gasteiger partial charge on any atom is -0.497 e. The maximum atomic E-state index is 14.6. The van der Waals surface area contributed by atoms with E-state index in [4.69, 9.17) is 9.47 Å². The third kappa shape index (κ3) is 9.59. The van der Waals surface area contributed by atoms with E-state index in [0.29, 0.717) is 30.3 Å². The Morgan fingerprint density at radius 1 is 0.809 bits per heavy atom. The molecule has 0 fully saturated rings. The minimum atomic E-state index is -4.21. The molecule has 2 amide bonds. The van der Waals surface area contributed by atoms with Crippen LogP contribution >= 0.6 is 0 Å². The number of hydrogen-bond acceptors (Lipinski definition) is 6. The Bertz CT molecular complexity index is 1700. The number of amides is 2. The van der Waals surface area contributed by atoms with Crippen molar-refractivity contribution in [1.29, 1.82) is 0 Å². The maximum absolute atomic E-state index is 14.6. The summed E-state index contributed by atoms with van der Waals surface area (Å²) in [6.45, 7) is 6.21. The molecule has 4 rings (SSSR count). The molecule has 0 heterocycles. The van der Waals surface area contributed by atoms with Gasteiger partial charge in [-0.1, -0.05) is 74.5 Å². The van der Waals surface area contributed by atoms with Crippen molar-refractivity contribution >= 4 is 27.5 Å². The summed E-state index contributed by atoms with van der Waals surface area (Å²) in [6, 6.07) is 30.4. The number of nitrogens with zero attached hydrogens (tertiary/aromatic N) is 2. The van der Waals surface area contributed by atoms with Gasteiger partial charge in [-0.05, 0) is 72.5 Å². The molecule has 4 aromatic carbocycles. The molecule has 10 heteroatoms. The highest BCUT2D eigenvalue weighted by Crippen LogP contribution is 2.26. The van der Waals surface area contributed by atoms with Gasteiger partial charge in [0, 0.05) is 19.5 Å². The largest absolute Gasteiger partial charge is 0.497 e. The molecule has 47 heavy (non-hydrogen) atoms. The molecule has 4 aromatic rings. The van der Waals surface area contributed by atoms with Crippen LogP contribution in [-0.2, 0) is 32.6 Å². The predicted octanol–water partition coefficient (Wildman–Crippen LogP) is 5.70. The Labute approximate surface area is 278 Å². The van der Waals surface area contributed by atoms with Crippen LogP contribution in [0.2, 0.25) is 0 Å². The van der Waals surface area contributed by atoms with Gasteiger partial charge in [0.2, 0.25) is 11.8 Å². The zero-order valence-electron chi connectivity index (χ0n) is 27.3. The average Bonchev–Trinajstić information content (AvgIpc) is 3.08. The number of rotatable bonds is 16. The first-order chi connectivity index (χ1) is 22.6. The highest BCUT2D eigenvalue weighted by Gasteiger charge is 2.34. The molecule has 0 aromatic heterocycles. The van der Waals surface area contributed by atoms with E-state index in [-0.39, 0.29) is 29.7 Å². The lowest BCUT2D eigenvalue weighted by atomic mass is 10.0. The Morgan fingerprint density at radius 3 is 2.06 bits per heavy atom. The van der Waals surface area contributed by atoms with Crippen LogP contribution in [0, 0.1) is 5.92 Å². The fraction of sp³-hybridized carbons (Fsp3) is 0.297. The summed E-state index contributed by atoms with van der Waals surface area (Å²) in [4.78, 5) is 29.9. The summed E-state index contributed by atoms with van der Waals surface area (Å²) >= 11 is 0. The highest BCUT2D eigenvalue weighted by atomic mass is 32.2. The number of para-hydroxylation sites is 1. The van der Waals surface area contributed by atoms with E-state index in [1.807, 2.05) is 63.2 Å². The molecule has 0 radical (unpaired) electrons. The van der Waals surface area contributed by atoms with Gasteiger partial charge in [0.1, 0.15) is 24.1 Å². The lowest BCUT2D eigenvalue weighted by molar-refractivity contribution is -0.140. The second-order valence-corrected chi connectivity index (χ2v) is 13.3. The molecule has 1 atom stereocenters. The normalized spacial score (nSPS) is 11.9. The van der Waals surface area contributed by atoms with Crippen molar-refractivity contribution in [2.24, 2.45) is 5.92 Å². The van der Waals surface area contributed by atoms with E-state index in [1.54, 1.807) is 61.7 Å². The topological polar surface area (TPSA) is 105 Å². The van der Waals surface area contributed by atoms with Crippen LogP contribution in [0.3, 0.4) is 0 Å². The SMILES string of the molecule is CCOc1ccc(S(=O)(=O)N(CC(=O)N(Cc2cccc(OC)c2)C(Cc2ccccc2)C(=O)NCC(C)C)c2ccccc2)cc1. The smallest absolute Gasteiger partial charge is 0.264 e. The number of carbonyl (C=O) groups is 2. The summed E-state index contributed by atoms with van der Waals surface area (Å²) in [5.41, 5.74) is 1.91. The van der Waals surface area contributed by atoms with Gasteiger partial charge in [-0.15, -0.1) is 0 Å². The number of methoxy groups -OCH3 is 1. The van der Waals surface area contributed by atoms with Gasteiger partial charge in [-0.3, -0.25) is 13.9 Å². The molecular weight excluding hydrogens is 614 g/mol. The molecule has 0 saturated heterocycles. The van der Waals surface area contributed by atoms with Crippen molar-refractivity contribution in [2.75, 3.05) is 31.1 Å². The Hall–Kier alpha value is -4.83. The molecule has 248 valence electrons. The monoisotopic (exact) mass is 657 g/mol. The van der Waals surface area contributed by atoms with Crippen LogP contribution in [0.25, 0.3) is 0 Å². The summed E-state index contributed by atoms with van der Waals surface area (Å²) < 4.78 is 40.4. The number of sulfonamides is 1. The van der Waals surface area contributed by atoms with Crippen molar-refractivity contribution in [3.63, 3.8) is 0 Å². The van der Waals surface area contributed by atoms with Crippen LogP contribution in [-0.4, -0.2) is 58.0 Å². The molecule has 1 unspecified atom stereocenters. The van der Waals surface area contributed by atoms with Crippen molar-refractivity contribution in [3.05, 3.63) is 120 Å². The van der Waals surface area contributed by atoms with Crippen LogP contribution in [0.1, 0.15) is 31.9 Å². The van der Waals surface area contributed by atoms with Crippen LogP contribution in [0.15, 0.2) is 114 Å². The Kier molecular flexibility index (Phi) is 12.4. The van der Waals surface area contributed by atoms with Crippen molar-refractivity contribution < 1.29 is 27.5 Å². The molecule has 0 aliphatic rings.